The summed E-state index contributed by atoms with van der Waals surface area (Å²) in [7, 11) is -2.45. The molecule has 1 aliphatic carbocycles. The Morgan fingerprint density at radius 2 is 1.75 bits per heavy atom. The van der Waals surface area contributed by atoms with E-state index in [1.165, 1.54) is 31.4 Å². The lowest BCUT2D eigenvalue weighted by molar-refractivity contribution is -0.111. The molecule has 2 amide bonds. The fraction of sp³-hybridized carbons (Fsp3) is 0.410. The molecule has 0 spiro atoms. The van der Waals surface area contributed by atoms with Gasteiger partial charge in [-0.25, -0.2) is 17.6 Å². The summed E-state index contributed by atoms with van der Waals surface area (Å²) in [5.74, 6) is -0.488. The second-order valence-electron chi connectivity index (χ2n) is 13.8. The van der Waals surface area contributed by atoms with Crippen LogP contribution in [0, 0.1) is 34.9 Å². The molecule has 2 saturated heterocycles. The van der Waals surface area contributed by atoms with Crippen molar-refractivity contribution in [2.45, 2.75) is 53.4 Å². The van der Waals surface area contributed by atoms with Gasteiger partial charge in [0.15, 0.2) is 0 Å². The number of sulfone groups is 1. The zero-order valence-electron chi connectivity index (χ0n) is 28.8. The summed E-state index contributed by atoms with van der Waals surface area (Å²) < 4.78 is 46.1. The predicted molar refractivity (Wildman–Crippen MR) is 192 cm³/mol. The zero-order valence-corrected chi connectivity index (χ0v) is 29.6. The first kappa shape index (κ1) is 36.1. The van der Waals surface area contributed by atoms with Crippen LogP contribution in [0.5, 0.6) is 0 Å². The average molecular weight is 714 g/mol. The standard InChI is InChI=1S/C39H44FN5O5S/c1-3-37(46)42-31-9-5-10-34(22-31)51(48,49)33-15-13-32(14-16-33)45-24-27(25-45)23-44-19-17-28(18-20-44)39(26-41,29-7-4-8-30(40)21-29)35-11-6-12-36(35)43-38(47)50-2/h3-5,7-10,13-16,21-22,27-28,35-36H,1,6,11-12,17-20,23-25H2,2H3,(H,42,46)(H,43,47)/t35-,36-,39-/m0/s1. The highest BCUT2D eigenvalue weighted by Gasteiger charge is 2.52. The number of anilines is 2. The van der Waals surface area contributed by atoms with E-state index < -0.39 is 27.3 Å². The van der Waals surface area contributed by atoms with Crippen LogP contribution in [0.25, 0.3) is 0 Å². The minimum Gasteiger partial charge on any atom is -0.453 e. The summed E-state index contributed by atoms with van der Waals surface area (Å²) in [6.07, 6.45) is 4.59. The van der Waals surface area contributed by atoms with Crippen molar-refractivity contribution in [3.05, 3.63) is 96.8 Å². The van der Waals surface area contributed by atoms with Gasteiger partial charge < -0.3 is 25.2 Å². The Kier molecular flexibility index (Phi) is 10.8. The molecule has 3 aliphatic rings. The number of methoxy groups -OCH3 is 1. The van der Waals surface area contributed by atoms with Crippen molar-refractivity contribution in [2.24, 2.45) is 17.8 Å². The fourth-order valence-corrected chi connectivity index (χ4v) is 9.67. The van der Waals surface area contributed by atoms with Gasteiger partial charge in [0.1, 0.15) is 5.82 Å². The molecule has 0 bridgehead atoms. The lowest BCUT2D eigenvalue weighted by Crippen LogP contribution is -2.55. The van der Waals surface area contributed by atoms with Crippen molar-refractivity contribution in [3.8, 4) is 6.07 Å². The van der Waals surface area contributed by atoms with Crippen molar-refractivity contribution in [1.82, 2.24) is 10.2 Å². The van der Waals surface area contributed by atoms with Crippen LogP contribution in [0.15, 0.2) is 95.2 Å². The molecule has 3 atom stereocenters. The Labute approximate surface area is 299 Å². The van der Waals surface area contributed by atoms with Gasteiger partial charge in [0.2, 0.25) is 15.7 Å². The molecule has 0 aromatic heterocycles. The molecule has 6 rings (SSSR count). The number of amides is 2. The van der Waals surface area contributed by atoms with E-state index in [1.807, 2.05) is 18.2 Å². The van der Waals surface area contributed by atoms with E-state index in [9.17, 15) is 27.7 Å². The molecule has 10 nitrogen and oxygen atoms in total. The topological polar surface area (TPSA) is 132 Å². The third kappa shape index (κ3) is 7.51. The highest BCUT2D eigenvalue weighted by atomic mass is 32.2. The number of rotatable bonds is 11. The zero-order chi connectivity index (χ0) is 36.2. The first-order chi connectivity index (χ1) is 24.6. The number of alkyl carbamates (subject to hydrolysis) is 1. The number of nitrogens with one attached hydrogen (secondary N) is 2. The van der Waals surface area contributed by atoms with Gasteiger partial charge in [-0.2, -0.15) is 5.26 Å². The first-order valence-corrected chi connectivity index (χ1v) is 18.9. The van der Waals surface area contributed by atoms with Crippen LogP contribution in [-0.2, 0) is 24.8 Å². The van der Waals surface area contributed by atoms with Gasteiger partial charge in [0.05, 0.1) is 28.4 Å². The maximum absolute atomic E-state index is 14.6. The summed E-state index contributed by atoms with van der Waals surface area (Å²) >= 11 is 0. The number of carbonyl (C=O) groups is 2. The molecule has 2 N–H and O–H groups in total. The van der Waals surface area contributed by atoms with Crippen LogP contribution in [0.2, 0.25) is 0 Å². The smallest absolute Gasteiger partial charge is 0.407 e. The fourth-order valence-electron chi connectivity index (χ4n) is 8.36. The molecule has 0 radical (unpaired) electrons. The van der Waals surface area contributed by atoms with E-state index >= 15 is 0 Å². The second kappa shape index (κ2) is 15.3. The van der Waals surface area contributed by atoms with E-state index in [0.29, 0.717) is 17.2 Å². The second-order valence-corrected chi connectivity index (χ2v) is 15.8. The molecule has 3 aromatic carbocycles. The number of nitrogens with zero attached hydrogens (tertiary/aromatic N) is 3. The van der Waals surface area contributed by atoms with E-state index in [1.54, 1.807) is 30.3 Å². The lowest BCUT2D eigenvalue weighted by atomic mass is 9.59. The molecular weight excluding hydrogens is 670 g/mol. The lowest BCUT2D eigenvalue weighted by Gasteiger charge is -2.48. The quantitative estimate of drug-likeness (QED) is 0.234. The molecule has 2 heterocycles. The molecule has 2 aliphatic heterocycles. The Balaban J connectivity index is 1.06. The van der Waals surface area contributed by atoms with E-state index in [-0.39, 0.29) is 33.5 Å². The molecule has 51 heavy (non-hydrogen) atoms. The van der Waals surface area contributed by atoms with Crippen LogP contribution >= 0.6 is 0 Å². The minimum atomic E-state index is -3.78. The average Bonchev–Trinajstić information content (AvgIpc) is 3.59. The van der Waals surface area contributed by atoms with Gasteiger partial charge in [-0.15, -0.1) is 0 Å². The van der Waals surface area contributed by atoms with Crippen molar-refractivity contribution in [2.75, 3.05) is 50.1 Å². The van der Waals surface area contributed by atoms with Crippen molar-refractivity contribution >= 4 is 33.2 Å². The molecule has 0 unspecified atom stereocenters. The van der Waals surface area contributed by atoms with E-state index in [4.69, 9.17) is 4.74 Å². The van der Waals surface area contributed by atoms with Gasteiger partial charge >= 0.3 is 6.09 Å². The number of hydrogen-bond donors (Lipinski definition) is 2. The Hall–Kier alpha value is -4.73. The number of halogens is 1. The summed E-state index contributed by atoms with van der Waals surface area (Å²) in [5.41, 5.74) is 1.08. The van der Waals surface area contributed by atoms with Crippen LogP contribution in [0.1, 0.15) is 37.7 Å². The van der Waals surface area contributed by atoms with Crippen molar-refractivity contribution < 1.29 is 27.1 Å². The van der Waals surface area contributed by atoms with Crippen molar-refractivity contribution in [3.63, 3.8) is 0 Å². The molecule has 3 fully saturated rings. The number of carbonyl (C=O) groups excluding carboxylic acids is 2. The molecule has 3 aromatic rings. The van der Waals surface area contributed by atoms with Crippen molar-refractivity contribution in [1.29, 1.82) is 5.26 Å². The summed E-state index contributed by atoms with van der Waals surface area (Å²) in [4.78, 5) is 28.8. The summed E-state index contributed by atoms with van der Waals surface area (Å²) in [6.45, 7) is 7.70. The minimum absolute atomic E-state index is 0.00616. The normalized spacial score (nSPS) is 21.2. The molecular formula is C39H44FN5O5S. The van der Waals surface area contributed by atoms with E-state index in [0.717, 1.165) is 76.6 Å². The van der Waals surface area contributed by atoms with Crippen LogP contribution < -0.4 is 15.5 Å². The van der Waals surface area contributed by atoms with Gasteiger partial charge in [-0.1, -0.05) is 31.2 Å². The third-order valence-corrected chi connectivity index (χ3v) is 12.7. The monoisotopic (exact) mass is 713 g/mol. The highest BCUT2D eigenvalue weighted by molar-refractivity contribution is 7.91. The number of ether oxygens (including phenoxy) is 1. The SMILES string of the molecule is C=CC(=O)Nc1cccc(S(=O)(=O)c2ccc(N3CC(CN4CCC([C@@](C#N)(c5cccc(F)c5)[C@H]5CCC[C@@H]5NC(=O)OC)CC4)C3)cc2)c1. The van der Waals surface area contributed by atoms with Crippen LogP contribution in [-0.4, -0.2) is 71.2 Å². The Bertz CT molecular complexity index is 1900. The Morgan fingerprint density at radius 1 is 1.02 bits per heavy atom. The van der Waals surface area contributed by atoms with Crippen LogP contribution in [0.4, 0.5) is 20.6 Å². The van der Waals surface area contributed by atoms with Gasteiger partial charge in [-0.3, -0.25) is 4.79 Å². The molecule has 1 saturated carbocycles. The van der Waals surface area contributed by atoms with Crippen LogP contribution in [0.3, 0.4) is 0 Å². The summed E-state index contributed by atoms with van der Waals surface area (Å²) in [5, 5.41) is 16.5. The summed E-state index contributed by atoms with van der Waals surface area (Å²) in [6, 6.07) is 21.9. The third-order valence-electron chi connectivity index (χ3n) is 10.9. The van der Waals surface area contributed by atoms with Gasteiger partial charge in [0.25, 0.3) is 0 Å². The van der Waals surface area contributed by atoms with Gasteiger partial charge in [0, 0.05) is 48.9 Å². The number of piperidine rings is 1. The Morgan fingerprint density at radius 3 is 2.41 bits per heavy atom. The number of likely N-dealkylation sites (tertiary alicyclic amines) is 1. The van der Waals surface area contributed by atoms with E-state index in [2.05, 4.69) is 33.1 Å². The number of nitriles is 1. The number of benzene rings is 3. The number of hydrogen-bond acceptors (Lipinski definition) is 8. The van der Waals surface area contributed by atoms with Gasteiger partial charge in [-0.05, 0) is 111 Å². The largest absolute Gasteiger partial charge is 0.453 e. The first-order valence-electron chi connectivity index (χ1n) is 17.4. The molecule has 12 heteroatoms. The molecule has 268 valence electrons. The maximum Gasteiger partial charge on any atom is 0.407 e. The predicted octanol–water partition coefficient (Wildman–Crippen LogP) is 5.92. The highest BCUT2D eigenvalue weighted by Crippen LogP contribution is 2.50. The maximum atomic E-state index is 14.6.